The Labute approximate surface area is 132 Å². The van der Waals surface area contributed by atoms with Crippen molar-refractivity contribution in [3.05, 3.63) is 30.1 Å². The molecule has 0 aliphatic rings. The Hall–Kier alpha value is -1.00. The molecule has 4 heteroatoms. The lowest BCUT2D eigenvalue weighted by Gasteiger charge is -2.14. The zero-order valence-electron chi connectivity index (χ0n) is 13.4. The Bertz CT molecular complexity index is 550. The first kappa shape index (κ1) is 16.4. The van der Waals surface area contributed by atoms with Gasteiger partial charge in [-0.05, 0) is 43.4 Å². The molecular weight excluding hydrogens is 278 g/mol. The first-order valence-corrected chi connectivity index (χ1v) is 9.17. The van der Waals surface area contributed by atoms with E-state index in [0.29, 0.717) is 6.04 Å². The van der Waals surface area contributed by atoms with Gasteiger partial charge in [0.25, 0.3) is 0 Å². The lowest BCUT2D eigenvalue weighted by molar-refractivity contribution is 0.510. The van der Waals surface area contributed by atoms with Crippen LogP contribution in [0, 0.1) is 0 Å². The van der Waals surface area contributed by atoms with Crippen molar-refractivity contribution in [3.8, 4) is 0 Å². The number of nitrogens with zero attached hydrogens (tertiary/aromatic N) is 2. The number of imidazole rings is 1. The fourth-order valence-electron chi connectivity index (χ4n) is 2.51. The zero-order valence-corrected chi connectivity index (χ0v) is 14.2. The van der Waals surface area contributed by atoms with E-state index in [4.69, 9.17) is 4.98 Å². The number of hydrogen-bond acceptors (Lipinski definition) is 3. The van der Waals surface area contributed by atoms with Crippen molar-refractivity contribution < 1.29 is 0 Å². The van der Waals surface area contributed by atoms with E-state index in [1.54, 1.807) is 0 Å². The highest BCUT2D eigenvalue weighted by Crippen LogP contribution is 2.16. The topological polar surface area (TPSA) is 29.9 Å². The summed E-state index contributed by atoms with van der Waals surface area (Å²) in [5.41, 5.74) is 2.36. The smallest absolute Gasteiger partial charge is 0.123 e. The molecule has 0 bridgehead atoms. The van der Waals surface area contributed by atoms with Crippen LogP contribution in [0.5, 0.6) is 0 Å². The summed E-state index contributed by atoms with van der Waals surface area (Å²) < 4.78 is 2.36. The molecule has 2 rings (SSSR count). The van der Waals surface area contributed by atoms with Crippen LogP contribution in [0.15, 0.2) is 24.3 Å². The van der Waals surface area contributed by atoms with E-state index < -0.39 is 0 Å². The summed E-state index contributed by atoms with van der Waals surface area (Å²) in [6.45, 7) is 8.60. The fourth-order valence-corrected chi connectivity index (χ4v) is 3.31. The van der Waals surface area contributed by atoms with Gasteiger partial charge in [0.1, 0.15) is 5.82 Å². The quantitative estimate of drug-likeness (QED) is 0.708. The fraction of sp³-hybridized carbons (Fsp3) is 0.588. The zero-order chi connectivity index (χ0) is 15.1. The van der Waals surface area contributed by atoms with E-state index in [1.165, 1.54) is 23.4 Å². The predicted octanol–water partition coefficient (Wildman–Crippen LogP) is 4.07. The Morgan fingerprint density at radius 2 is 2.10 bits per heavy atom. The maximum Gasteiger partial charge on any atom is 0.123 e. The van der Waals surface area contributed by atoms with Crippen LogP contribution in [-0.4, -0.2) is 27.1 Å². The van der Waals surface area contributed by atoms with Crippen LogP contribution in [0.2, 0.25) is 0 Å². The highest BCUT2D eigenvalue weighted by Gasteiger charge is 2.10. The molecule has 3 nitrogen and oxygen atoms in total. The molecule has 1 unspecified atom stereocenters. The number of aromatic nitrogens is 2. The van der Waals surface area contributed by atoms with Crippen molar-refractivity contribution in [2.24, 2.45) is 0 Å². The first-order chi connectivity index (χ1) is 10.3. The molecule has 1 aromatic carbocycles. The SMILES string of the molecule is CCCn1c(CNC(C)CCSCC)nc2ccccc21. The molecule has 21 heavy (non-hydrogen) atoms. The molecule has 0 amide bonds. The average molecular weight is 305 g/mol. The van der Waals surface area contributed by atoms with Crippen LogP contribution >= 0.6 is 11.8 Å². The number of rotatable bonds is 9. The summed E-state index contributed by atoms with van der Waals surface area (Å²) >= 11 is 2.01. The van der Waals surface area contributed by atoms with Crippen molar-refractivity contribution in [1.82, 2.24) is 14.9 Å². The molecule has 0 fully saturated rings. The molecule has 0 saturated carbocycles. The second-order valence-electron chi connectivity index (χ2n) is 5.44. The third-order valence-electron chi connectivity index (χ3n) is 3.69. The maximum absolute atomic E-state index is 4.79. The van der Waals surface area contributed by atoms with Crippen molar-refractivity contribution in [2.75, 3.05) is 11.5 Å². The number of thioether (sulfide) groups is 1. The molecule has 0 aliphatic heterocycles. The highest BCUT2D eigenvalue weighted by atomic mass is 32.2. The van der Waals surface area contributed by atoms with Gasteiger partial charge in [-0.15, -0.1) is 0 Å². The summed E-state index contributed by atoms with van der Waals surface area (Å²) in [6.07, 6.45) is 2.35. The Balaban J connectivity index is 2.02. The molecule has 0 radical (unpaired) electrons. The Morgan fingerprint density at radius 3 is 2.86 bits per heavy atom. The van der Waals surface area contributed by atoms with Crippen LogP contribution in [0.4, 0.5) is 0 Å². The van der Waals surface area contributed by atoms with Crippen molar-refractivity contribution >= 4 is 22.8 Å². The van der Waals surface area contributed by atoms with Crippen LogP contribution in [-0.2, 0) is 13.1 Å². The number of para-hydroxylation sites is 2. The Morgan fingerprint density at radius 1 is 1.29 bits per heavy atom. The first-order valence-electron chi connectivity index (χ1n) is 8.01. The van der Waals surface area contributed by atoms with E-state index in [1.807, 2.05) is 11.8 Å². The molecule has 116 valence electrons. The van der Waals surface area contributed by atoms with Gasteiger partial charge in [-0.3, -0.25) is 0 Å². The minimum atomic E-state index is 0.541. The number of benzene rings is 1. The summed E-state index contributed by atoms with van der Waals surface area (Å²) in [6, 6.07) is 8.97. The van der Waals surface area contributed by atoms with Crippen molar-refractivity contribution in [2.45, 2.75) is 52.7 Å². The lowest BCUT2D eigenvalue weighted by Crippen LogP contribution is -2.27. The highest BCUT2D eigenvalue weighted by molar-refractivity contribution is 7.99. The van der Waals surface area contributed by atoms with Gasteiger partial charge in [-0.2, -0.15) is 11.8 Å². The van der Waals surface area contributed by atoms with Gasteiger partial charge < -0.3 is 9.88 Å². The molecule has 1 aromatic heterocycles. The number of fused-ring (bicyclic) bond motifs is 1. The third-order valence-corrected chi connectivity index (χ3v) is 4.62. The standard InChI is InChI=1S/C17H27N3S/c1-4-11-20-16-9-7-6-8-15(16)19-17(20)13-18-14(3)10-12-21-5-2/h6-9,14,18H,4-5,10-13H2,1-3H3. The maximum atomic E-state index is 4.79. The molecule has 1 heterocycles. The van der Waals surface area contributed by atoms with Crippen molar-refractivity contribution in [3.63, 3.8) is 0 Å². The van der Waals surface area contributed by atoms with Crippen LogP contribution in [0.3, 0.4) is 0 Å². The summed E-state index contributed by atoms with van der Waals surface area (Å²) in [4.78, 5) is 4.79. The van der Waals surface area contributed by atoms with Crippen LogP contribution < -0.4 is 5.32 Å². The lowest BCUT2D eigenvalue weighted by atomic mass is 10.2. The van der Waals surface area contributed by atoms with Gasteiger partial charge in [0, 0.05) is 12.6 Å². The second kappa shape index (κ2) is 8.44. The summed E-state index contributed by atoms with van der Waals surface area (Å²) in [5, 5.41) is 3.62. The summed E-state index contributed by atoms with van der Waals surface area (Å²) in [5.74, 6) is 3.60. The normalized spacial score (nSPS) is 12.9. The van der Waals surface area contributed by atoms with Gasteiger partial charge in [0.15, 0.2) is 0 Å². The van der Waals surface area contributed by atoms with Crippen LogP contribution in [0.1, 0.15) is 39.4 Å². The molecule has 0 saturated heterocycles. The Kier molecular flexibility index (Phi) is 6.58. The average Bonchev–Trinajstić information content (AvgIpc) is 2.84. The molecule has 1 N–H and O–H groups in total. The molecule has 1 atom stereocenters. The van der Waals surface area contributed by atoms with E-state index in [-0.39, 0.29) is 0 Å². The van der Waals surface area contributed by atoms with Gasteiger partial charge in [0.2, 0.25) is 0 Å². The molecule has 0 spiro atoms. The number of nitrogens with one attached hydrogen (secondary N) is 1. The van der Waals surface area contributed by atoms with E-state index in [2.05, 4.69) is 54.9 Å². The number of aryl methyl sites for hydroxylation is 1. The van der Waals surface area contributed by atoms with E-state index >= 15 is 0 Å². The van der Waals surface area contributed by atoms with Gasteiger partial charge >= 0.3 is 0 Å². The van der Waals surface area contributed by atoms with Gasteiger partial charge in [0.05, 0.1) is 17.6 Å². The van der Waals surface area contributed by atoms with Crippen LogP contribution in [0.25, 0.3) is 11.0 Å². The second-order valence-corrected chi connectivity index (χ2v) is 6.83. The number of hydrogen-bond donors (Lipinski definition) is 1. The summed E-state index contributed by atoms with van der Waals surface area (Å²) in [7, 11) is 0. The molecule has 0 aliphatic carbocycles. The third kappa shape index (κ3) is 4.48. The molecule has 2 aromatic rings. The monoisotopic (exact) mass is 305 g/mol. The van der Waals surface area contributed by atoms with E-state index in [0.717, 1.165) is 30.9 Å². The van der Waals surface area contributed by atoms with Gasteiger partial charge in [-0.1, -0.05) is 26.0 Å². The van der Waals surface area contributed by atoms with Gasteiger partial charge in [-0.25, -0.2) is 4.98 Å². The molecular formula is C17H27N3S. The minimum absolute atomic E-state index is 0.541. The minimum Gasteiger partial charge on any atom is -0.327 e. The van der Waals surface area contributed by atoms with E-state index in [9.17, 15) is 0 Å². The predicted molar refractivity (Wildman–Crippen MR) is 93.9 cm³/mol. The largest absolute Gasteiger partial charge is 0.327 e. The van der Waals surface area contributed by atoms with Crippen molar-refractivity contribution in [1.29, 1.82) is 0 Å².